The first-order chi connectivity index (χ1) is 9.67. The highest BCUT2D eigenvalue weighted by molar-refractivity contribution is 6.30. The largest absolute Gasteiger partial charge is 0.306 e. The fourth-order valence-electron chi connectivity index (χ4n) is 2.23. The van der Waals surface area contributed by atoms with E-state index in [0.717, 1.165) is 25.1 Å². The lowest BCUT2D eigenvalue weighted by Gasteiger charge is -2.18. The summed E-state index contributed by atoms with van der Waals surface area (Å²) in [4.78, 5) is 0. The second-order valence-electron chi connectivity index (χ2n) is 4.67. The van der Waals surface area contributed by atoms with E-state index in [4.69, 9.17) is 11.6 Å². The van der Waals surface area contributed by atoms with Crippen LogP contribution in [0.5, 0.6) is 0 Å². The van der Waals surface area contributed by atoms with Gasteiger partial charge in [-0.05, 0) is 19.0 Å². The number of halogens is 2. The Morgan fingerprint density at radius 2 is 2.20 bits per heavy atom. The lowest BCUT2D eigenvalue weighted by molar-refractivity contribution is 0.557. The normalized spacial score (nSPS) is 12.6. The Balaban J connectivity index is 2.36. The lowest BCUT2D eigenvalue weighted by Crippen LogP contribution is -2.22. The maximum absolute atomic E-state index is 14.2. The summed E-state index contributed by atoms with van der Waals surface area (Å²) in [6.07, 6.45) is 4.75. The van der Waals surface area contributed by atoms with Crippen molar-refractivity contribution in [1.82, 2.24) is 15.1 Å². The highest BCUT2D eigenvalue weighted by atomic mass is 35.5. The molecule has 1 heterocycles. The van der Waals surface area contributed by atoms with Gasteiger partial charge in [0.1, 0.15) is 5.82 Å². The number of nitrogens with one attached hydrogen (secondary N) is 1. The summed E-state index contributed by atoms with van der Waals surface area (Å²) in [5, 5.41) is 7.74. The molecule has 0 saturated carbocycles. The van der Waals surface area contributed by atoms with Crippen molar-refractivity contribution in [3.8, 4) is 0 Å². The van der Waals surface area contributed by atoms with Crippen molar-refractivity contribution in [2.24, 2.45) is 0 Å². The van der Waals surface area contributed by atoms with Gasteiger partial charge in [0.15, 0.2) is 0 Å². The van der Waals surface area contributed by atoms with E-state index in [9.17, 15) is 4.39 Å². The molecule has 1 unspecified atom stereocenters. The van der Waals surface area contributed by atoms with Crippen LogP contribution in [-0.2, 0) is 6.54 Å². The number of aryl methyl sites for hydroxylation is 1. The topological polar surface area (TPSA) is 29.9 Å². The SMILES string of the molecule is CCCn1cc(C(NCC)c2cccc(Cl)c2F)cn1. The van der Waals surface area contributed by atoms with Gasteiger partial charge in [-0.1, -0.05) is 37.6 Å². The molecule has 0 fully saturated rings. The predicted molar refractivity (Wildman–Crippen MR) is 79.4 cm³/mol. The Morgan fingerprint density at radius 1 is 1.40 bits per heavy atom. The fourth-order valence-corrected chi connectivity index (χ4v) is 2.42. The molecule has 0 aliphatic carbocycles. The monoisotopic (exact) mass is 295 g/mol. The first kappa shape index (κ1) is 15.0. The van der Waals surface area contributed by atoms with Crippen LogP contribution in [0.25, 0.3) is 0 Å². The van der Waals surface area contributed by atoms with Crippen molar-refractivity contribution < 1.29 is 4.39 Å². The van der Waals surface area contributed by atoms with E-state index in [2.05, 4.69) is 17.3 Å². The van der Waals surface area contributed by atoms with Crippen LogP contribution in [0.4, 0.5) is 4.39 Å². The zero-order valence-electron chi connectivity index (χ0n) is 11.7. The summed E-state index contributed by atoms with van der Waals surface area (Å²) in [6.45, 7) is 5.68. The summed E-state index contributed by atoms with van der Waals surface area (Å²) in [5.74, 6) is -0.372. The summed E-state index contributed by atoms with van der Waals surface area (Å²) in [7, 11) is 0. The molecule has 0 radical (unpaired) electrons. The summed E-state index contributed by atoms with van der Waals surface area (Å²) >= 11 is 5.88. The molecule has 1 N–H and O–H groups in total. The summed E-state index contributed by atoms with van der Waals surface area (Å²) in [6, 6.07) is 4.85. The van der Waals surface area contributed by atoms with Crippen LogP contribution in [0.3, 0.4) is 0 Å². The minimum atomic E-state index is -0.372. The number of hydrogen-bond acceptors (Lipinski definition) is 2. The van der Waals surface area contributed by atoms with E-state index in [1.807, 2.05) is 17.8 Å². The van der Waals surface area contributed by atoms with E-state index in [1.165, 1.54) is 0 Å². The third-order valence-corrected chi connectivity index (χ3v) is 3.43. The second kappa shape index (κ2) is 6.86. The maximum atomic E-state index is 14.2. The average Bonchev–Trinajstić information content (AvgIpc) is 2.88. The van der Waals surface area contributed by atoms with Crippen LogP contribution in [0.2, 0.25) is 5.02 Å². The third-order valence-electron chi connectivity index (χ3n) is 3.14. The van der Waals surface area contributed by atoms with Crippen LogP contribution in [0, 0.1) is 5.82 Å². The molecule has 1 aromatic carbocycles. The molecular formula is C15H19ClFN3. The van der Waals surface area contributed by atoms with Gasteiger partial charge in [-0.3, -0.25) is 4.68 Å². The predicted octanol–water partition coefficient (Wildman–Crippen LogP) is 3.78. The minimum Gasteiger partial charge on any atom is -0.306 e. The molecule has 0 amide bonds. The molecule has 5 heteroatoms. The van der Waals surface area contributed by atoms with Crippen LogP contribution in [0.15, 0.2) is 30.6 Å². The Labute approximate surface area is 123 Å². The van der Waals surface area contributed by atoms with E-state index >= 15 is 0 Å². The lowest BCUT2D eigenvalue weighted by atomic mass is 10.0. The van der Waals surface area contributed by atoms with Crippen LogP contribution in [-0.4, -0.2) is 16.3 Å². The summed E-state index contributed by atoms with van der Waals surface area (Å²) in [5.41, 5.74) is 1.50. The van der Waals surface area contributed by atoms with Crippen molar-refractivity contribution >= 4 is 11.6 Å². The Hall–Kier alpha value is -1.39. The molecule has 1 aromatic heterocycles. The van der Waals surface area contributed by atoms with Gasteiger partial charge in [-0.15, -0.1) is 0 Å². The van der Waals surface area contributed by atoms with E-state index in [1.54, 1.807) is 24.4 Å². The van der Waals surface area contributed by atoms with Gasteiger partial charge in [0.2, 0.25) is 0 Å². The molecule has 20 heavy (non-hydrogen) atoms. The van der Waals surface area contributed by atoms with E-state index in [0.29, 0.717) is 5.56 Å². The number of aromatic nitrogens is 2. The minimum absolute atomic E-state index is 0.145. The second-order valence-corrected chi connectivity index (χ2v) is 5.08. The van der Waals surface area contributed by atoms with Gasteiger partial charge in [0, 0.05) is 23.9 Å². The zero-order valence-corrected chi connectivity index (χ0v) is 12.5. The molecule has 0 aliphatic heterocycles. The fraction of sp³-hybridized carbons (Fsp3) is 0.400. The quantitative estimate of drug-likeness (QED) is 0.879. The van der Waals surface area contributed by atoms with Gasteiger partial charge < -0.3 is 5.32 Å². The van der Waals surface area contributed by atoms with E-state index < -0.39 is 0 Å². The number of nitrogens with zero attached hydrogens (tertiary/aromatic N) is 2. The van der Waals surface area contributed by atoms with Gasteiger partial charge in [-0.25, -0.2) is 4.39 Å². The maximum Gasteiger partial charge on any atom is 0.146 e. The molecule has 0 aliphatic rings. The first-order valence-electron chi connectivity index (χ1n) is 6.87. The van der Waals surface area contributed by atoms with Crippen molar-refractivity contribution in [3.05, 3.63) is 52.6 Å². The molecule has 2 aromatic rings. The molecular weight excluding hydrogens is 277 g/mol. The molecule has 0 saturated heterocycles. The molecule has 0 bridgehead atoms. The van der Waals surface area contributed by atoms with Crippen molar-refractivity contribution in [2.75, 3.05) is 6.54 Å². The van der Waals surface area contributed by atoms with Crippen molar-refractivity contribution in [1.29, 1.82) is 0 Å². The summed E-state index contributed by atoms with van der Waals surface area (Å²) < 4.78 is 16.1. The molecule has 1 atom stereocenters. The van der Waals surface area contributed by atoms with E-state index in [-0.39, 0.29) is 16.9 Å². The van der Waals surface area contributed by atoms with Crippen molar-refractivity contribution in [3.63, 3.8) is 0 Å². The van der Waals surface area contributed by atoms with Crippen LogP contribution in [0.1, 0.15) is 37.4 Å². The third kappa shape index (κ3) is 3.19. The number of benzene rings is 1. The molecule has 0 spiro atoms. The Kier molecular flexibility index (Phi) is 5.15. The Bertz CT molecular complexity index is 568. The van der Waals surface area contributed by atoms with Gasteiger partial charge in [0.25, 0.3) is 0 Å². The number of hydrogen-bond donors (Lipinski definition) is 1. The smallest absolute Gasteiger partial charge is 0.146 e. The van der Waals surface area contributed by atoms with Gasteiger partial charge >= 0.3 is 0 Å². The highest BCUT2D eigenvalue weighted by Crippen LogP contribution is 2.27. The Morgan fingerprint density at radius 3 is 2.90 bits per heavy atom. The number of rotatable bonds is 6. The van der Waals surface area contributed by atoms with Gasteiger partial charge in [0.05, 0.1) is 17.3 Å². The highest BCUT2D eigenvalue weighted by Gasteiger charge is 2.19. The zero-order chi connectivity index (χ0) is 14.5. The molecule has 3 nitrogen and oxygen atoms in total. The van der Waals surface area contributed by atoms with Crippen molar-refractivity contribution in [2.45, 2.75) is 32.9 Å². The molecule has 108 valence electrons. The first-order valence-corrected chi connectivity index (χ1v) is 7.24. The standard InChI is InChI=1S/C15H19ClFN3/c1-3-8-20-10-11(9-19-20)15(18-4-2)12-6-5-7-13(16)14(12)17/h5-7,9-10,15,18H,3-4,8H2,1-2H3. The molecule has 2 rings (SSSR count). The van der Waals surface area contributed by atoms with Gasteiger partial charge in [-0.2, -0.15) is 5.10 Å². The van der Waals surface area contributed by atoms with Crippen LogP contribution >= 0.6 is 11.6 Å². The average molecular weight is 296 g/mol. The van der Waals surface area contributed by atoms with Crippen LogP contribution < -0.4 is 5.32 Å².